The molecule has 2 aliphatic rings. The van der Waals surface area contributed by atoms with Gasteiger partial charge in [-0.15, -0.1) is 0 Å². The van der Waals surface area contributed by atoms with Crippen molar-refractivity contribution in [3.05, 3.63) is 59.7 Å². The Balaban J connectivity index is 1.34. The topological polar surface area (TPSA) is 122 Å². The lowest BCUT2D eigenvalue weighted by atomic mass is 9.90. The second-order valence-electron chi connectivity index (χ2n) is 9.29. The van der Waals surface area contributed by atoms with Crippen LogP contribution in [0, 0.1) is 0 Å². The highest BCUT2D eigenvalue weighted by Crippen LogP contribution is 2.34. The van der Waals surface area contributed by atoms with Gasteiger partial charge in [-0.25, -0.2) is 14.8 Å². The Bertz CT molecular complexity index is 1210. The highest BCUT2D eigenvalue weighted by molar-refractivity contribution is 5.70. The fourth-order valence-corrected chi connectivity index (χ4v) is 5.11. The van der Waals surface area contributed by atoms with E-state index in [-0.39, 0.29) is 24.5 Å². The molecule has 0 saturated carbocycles. The van der Waals surface area contributed by atoms with E-state index in [0.717, 1.165) is 29.7 Å². The average Bonchev–Trinajstić information content (AvgIpc) is 3.48. The number of likely N-dealkylation sites (tertiary alicyclic amines) is 1. The molecule has 188 valence electrons. The van der Waals surface area contributed by atoms with Crippen molar-refractivity contribution in [1.29, 1.82) is 0 Å². The molecule has 1 fully saturated rings. The summed E-state index contributed by atoms with van der Waals surface area (Å²) in [6, 6.07) is 8.72. The molecular formula is C26H30N6O4. The number of amides is 1. The number of fused-ring (bicyclic) bond motifs is 1. The van der Waals surface area contributed by atoms with Crippen LogP contribution in [0.1, 0.15) is 42.5 Å². The van der Waals surface area contributed by atoms with Crippen molar-refractivity contribution >= 4 is 18.0 Å². The van der Waals surface area contributed by atoms with E-state index in [1.54, 1.807) is 24.0 Å². The van der Waals surface area contributed by atoms with Gasteiger partial charge in [-0.1, -0.05) is 24.3 Å². The van der Waals surface area contributed by atoms with Gasteiger partial charge >= 0.3 is 12.1 Å². The lowest BCUT2D eigenvalue weighted by Crippen LogP contribution is -2.37. The highest BCUT2D eigenvalue weighted by atomic mass is 16.5. The van der Waals surface area contributed by atoms with Crippen LogP contribution in [0.4, 0.5) is 10.7 Å². The third-order valence-corrected chi connectivity index (χ3v) is 6.89. The summed E-state index contributed by atoms with van der Waals surface area (Å²) >= 11 is 0. The Labute approximate surface area is 209 Å². The quantitative estimate of drug-likeness (QED) is 0.484. The van der Waals surface area contributed by atoms with E-state index in [0.29, 0.717) is 38.5 Å². The first kappa shape index (κ1) is 23.8. The number of esters is 1. The molecule has 36 heavy (non-hydrogen) atoms. The zero-order valence-corrected chi connectivity index (χ0v) is 20.3. The number of nitrogens with one attached hydrogen (secondary N) is 1. The Morgan fingerprint density at radius 1 is 1.11 bits per heavy atom. The molecule has 1 saturated heterocycles. The van der Waals surface area contributed by atoms with Crippen molar-refractivity contribution in [3.8, 4) is 11.1 Å². The van der Waals surface area contributed by atoms with E-state index in [9.17, 15) is 14.7 Å². The zero-order valence-electron chi connectivity index (χ0n) is 20.3. The molecule has 1 amide bonds. The number of rotatable bonds is 7. The minimum Gasteiger partial charge on any atom is -0.465 e. The number of carbonyl (C=O) groups excluding carboxylic acids is 1. The van der Waals surface area contributed by atoms with Crippen LogP contribution in [0.15, 0.2) is 42.9 Å². The number of ether oxygens (including phenoxy) is 1. The lowest BCUT2D eigenvalue weighted by Gasteiger charge is -2.29. The number of hydrogen-bond acceptors (Lipinski definition) is 7. The van der Waals surface area contributed by atoms with Crippen molar-refractivity contribution in [2.45, 2.75) is 51.1 Å². The van der Waals surface area contributed by atoms with E-state index >= 15 is 0 Å². The van der Waals surface area contributed by atoms with Crippen LogP contribution < -0.4 is 5.32 Å². The number of nitrogens with zero attached hydrogens (tertiary/aromatic N) is 5. The minimum absolute atomic E-state index is 0.0115. The molecule has 1 aromatic carbocycles. The summed E-state index contributed by atoms with van der Waals surface area (Å²) in [7, 11) is 0. The second-order valence-corrected chi connectivity index (χ2v) is 9.29. The SMILES string of the molecule is CCOC(=O)Cn1cc(-c2cnc(NC3Cc4ccccc4C3)nc2)c(C2CCN(C(=O)O)CC2)n1. The zero-order chi connectivity index (χ0) is 25.1. The van der Waals surface area contributed by atoms with E-state index < -0.39 is 6.09 Å². The molecule has 2 N–H and O–H groups in total. The maximum absolute atomic E-state index is 12.1. The van der Waals surface area contributed by atoms with Crippen molar-refractivity contribution in [3.63, 3.8) is 0 Å². The summed E-state index contributed by atoms with van der Waals surface area (Å²) < 4.78 is 6.68. The molecule has 1 aliphatic heterocycles. The Hall–Kier alpha value is -3.95. The number of carbonyl (C=O) groups is 2. The summed E-state index contributed by atoms with van der Waals surface area (Å²) in [6.45, 7) is 2.99. The van der Waals surface area contributed by atoms with Crippen LogP contribution in [-0.2, 0) is 28.9 Å². The van der Waals surface area contributed by atoms with Crippen LogP contribution >= 0.6 is 0 Å². The standard InChI is InChI=1S/C26H30N6O4/c1-2-36-23(33)16-32-15-22(24(30-32)17-7-9-31(10-8-17)26(34)35)20-13-27-25(28-14-20)29-21-11-18-5-3-4-6-19(18)12-21/h3-6,13-15,17,21H,2,7-12,16H2,1H3,(H,34,35)(H,27,28,29). The Morgan fingerprint density at radius 2 is 1.78 bits per heavy atom. The second kappa shape index (κ2) is 10.3. The predicted octanol–water partition coefficient (Wildman–Crippen LogP) is 3.34. The first-order chi connectivity index (χ1) is 17.5. The van der Waals surface area contributed by atoms with Crippen LogP contribution in [0.5, 0.6) is 0 Å². The van der Waals surface area contributed by atoms with Gasteiger partial charge in [0.1, 0.15) is 6.54 Å². The summed E-state index contributed by atoms with van der Waals surface area (Å²) in [4.78, 5) is 34.0. The number of carboxylic acid groups (broad SMARTS) is 1. The number of hydrogen-bond donors (Lipinski definition) is 2. The predicted molar refractivity (Wildman–Crippen MR) is 133 cm³/mol. The molecule has 2 aromatic heterocycles. The van der Waals surface area contributed by atoms with Gasteiger partial charge in [0.05, 0.1) is 12.3 Å². The Kier molecular flexibility index (Phi) is 6.84. The molecule has 0 bridgehead atoms. The summed E-state index contributed by atoms with van der Waals surface area (Å²) in [5.41, 5.74) is 5.22. The molecule has 5 rings (SSSR count). The molecule has 3 heterocycles. The van der Waals surface area contributed by atoms with Crippen LogP contribution in [0.2, 0.25) is 0 Å². The number of aromatic nitrogens is 4. The summed E-state index contributed by atoms with van der Waals surface area (Å²) in [5, 5.41) is 17.4. The fourth-order valence-electron chi connectivity index (χ4n) is 5.11. The van der Waals surface area contributed by atoms with Crippen molar-refractivity contribution in [1.82, 2.24) is 24.6 Å². The first-order valence-electron chi connectivity index (χ1n) is 12.4. The van der Waals surface area contributed by atoms with Crippen molar-refractivity contribution in [2.75, 3.05) is 25.0 Å². The molecule has 1 aliphatic carbocycles. The van der Waals surface area contributed by atoms with E-state index in [4.69, 9.17) is 9.84 Å². The van der Waals surface area contributed by atoms with E-state index in [2.05, 4.69) is 39.6 Å². The van der Waals surface area contributed by atoms with Gasteiger partial charge in [-0.05, 0) is 43.7 Å². The van der Waals surface area contributed by atoms with E-state index in [1.165, 1.54) is 16.0 Å². The monoisotopic (exact) mass is 490 g/mol. The Morgan fingerprint density at radius 3 is 2.39 bits per heavy atom. The van der Waals surface area contributed by atoms with Crippen molar-refractivity contribution in [2.24, 2.45) is 0 Å². The third-order valence-electron chi connectivity index (χ3n) is 6.89. The third kappa shape index (κ3) is 5.17. The molecule has 0 unspecified atom stereocenters. The van der Waals surface area contributed by atoms with Gasteiger partial charge < -0.3 is 20.1 Å². The molecule has 3 aromatic rings. The molecule has 0 spiro atoms. The first-order valence-corrected chi connectivity index (χ1v) is 12.4. The van der Waals surface area contributed by atoms with Gasteiger partial charge in [0, 0.05) is 54.8 Å². The van der Waals surface area contributed by atoms with Crippen molar-refractivity contribution < 1.29 is 19.4 Å². The molecule has 10 nitrogen and oxygen atoms in total. The van der Waals surface area contributed by atoms with Gasteiger partial charge in [-0.3, -0.25) is 9.48 Å². The number of anilines is 1. The summed E-state index contributed by atoms with van der Waals surface area (Å²) in [6.07, 6.45) is 7.70. The summed E-state index contributed by atoms with van der Waals surface area (Å²) in [5.74, 6) is 0.299. The van der Waals surface area contributed by atoms with Gasteiger partial charge in [-0.2, -0.15) is 5.10 Å². The van der Waals surface area contributed by atoms with Crippen LogP contribution in [-0.4, -0.2) is 67.6 Å². The maximum Gasteiger partial charge on any atom is 0.407 e. The largest absolute Gasteiger partial charge is 0.465 e. The van der Waals surface area contributed by atoms with Crippen LogP contribution in [0.25, 0.3) is 11.1 Å². The normalized spacial score (nSPS) is 16.1. The van der Waals surface area contributed by atoms with Crippen LogP contribution in [0.3, 0.4) is 0 Å². The lowest BCUT2D eigenvalue weighted by molar-refractivity contribution is -0.144. The van der Waals surface area contributed by atoms with Gasteiger partial charge in [0.2, 0.25) is 5.95 Å². The molecular weight excluding hydrogens is 460 g/mol. The average molecular weight is 491 g/mol. The number of piperidine rings is 1. The highest BCUT2D eigenvalue weighted by Gasteiger charge is 2.28. The molecule has 10 heteroatoms. The smallest absolute Gasteiger partial charge is 0.407 e. The number of benzene rings is 1. The maximum atomic E-state index is 12.1. The molecule has 0 atom stereocenters. The van der Waals surface area contributed by atoms with E-state index in [1.807, 2.05) is 6.20 Å². The van der Waals surface area contributed by atoms with Gasteiger partial charge in [0.25, 0.3) is 0 Å². The fraction of sp³-hybridized carbons (Fsp3) is 0.423. The van der Waals surface area contributed by atoms with Gasteiger partial charge in [0.15, 0.2) is 0 Å². The molecule has 0 radical (unpaired) electrons. The minimum atomic E-state index is -0.900.